The van der Waals surface area contributed by atoms with Gasteiger partial charge < -0.3 is 9.80 Å². The van der Waals surface area contributed by atoms with Crippen molar-refractivity contribution in [3.63, 3.8) is 0 Å². The minimum atomic E-state index is 0.0347. The normalized spacial score (nSPS) is 17.4. The summed E-state index contributed by atoms with van der Waals surface area (Å²) < 4.78 is 1.82. The predicted molar refractivity (Wildman–Crippen MR) is 108 cm³/mol. The third kappa shape index (κ3) is 4.00. The summed E-state index contributed by atoms with van der Waals surface area (Å²) in [5.41, 5.74) is 2.42. The summed E-state index contributed by atoms with van der Waals surface area (Å²) in [6.45, 7) is 3.94. The maximum Gasteiger partial charge on any atom is 0.257 e. The molecule has 0 atom stereocenters. The third-order valence-corrected chi connectivity index (χ3v) is 5.97. The van der Waals surface area contributed by atoms with Crippen molar-refractivity contribution in [3.8, 4) is 5.69 Å². The number of aromatic nitrogens is 2. The first kappa shape index (κ1) is 18.8. The molecule has 5 nitrogen and oxygen atoms in total. The van der Waals surface area contributed by atoms with Gasteiger partial charge in [-0.05, 0) is 57.0 Å². The molecule has 27 heavy (non-hydrogen) atoms. The lowest BCUT2D eigenvalue weighted by atomic mass is 10.1. The number of nitrogens with zero attached hydrogens (tertiary/aromatic N) is 4. The van der Waals surface area contributed by atoms with E-state index in [1.54, 1.807) is 18.3 Å². The SMILES string of the molecule is CN(CCN1CCCC1)C(=O)c1cnn(-c2ccc(Cl)cc2Cl)c1C1CC1. The molecule has 1 aliphatic heterocycles. The van der Waals surface area contributed by atoms with Gasteiger partial charge in [0.1, 0.15) is 0 Å². The number of carbonyl (C=O) groups is 1. The summed E-state index contributed by atoms with van der Waals surface area (Å²) in [4.78, 5) is 17.3. The number of rotatable bonds is 6. The zero-order valence-corrected chi connectivity index (χ0v) is 17.0. The van der Waals surface area contributed by atoms with Gasteiger partial charge in [0.05, 0.1) is 28.2 Å². The van der Waals surface area contributed by atoms with Crippen LogP contribution in [-0.2, 0) is 0 Å². The predicted octanol–water partition coefficient (Wildman–Crippen LogP) is 4.22. The highest BCUT2D eigenvalue weighted by Crippen LogP contribution is 2.43. The van der Waals surface area contributed by atoms with Crippen LogP contribution in [0.15, 0.2) is 24.4 Å². The standard InChI is InChI=1S/C20H24Cl2N4O/c1-24(10-11-25-8-2-3-9-25)20(27)16-13-23-26(19(16)14-4-5-14)18-7-6-15(21)12-17(18)22/h6-7,12-14H,2-5,8-11H2,1H3. The lowest BCUT2D eigenvalue weighted by Gasteiger charge is -2.21. The molecule has 2 heterocycles. The number of hydrogen-bond donors (Lipinski definition) is 0. The van der Waals surface area contributed by atoms with Gasteiger partial charge in [0, 0.05) is 31.1 Å². The van der Waals surface area contributed by atoms with E-state index in [2.05, 4.69) is 10.00 Å². The molecule has 1 saturated heterocycles. The fraction of sp³-hybridized carbons (Fsp3) is 0.500. The molecule has 1 saturated carbocycles. The van der Waals surface area contributed by atoms with E-state index in [1.165, 1.54) is 12.8 Å². The maximum absolute atomic E-state index is 13.1. The zero-order chi connectivity index (χ0) is 19.0. The van der Waals surface area contributed by atoms with Gasteiger partial charge in [0.2, 0.25) is 0 Å². The molecule has 1 aromatic heterocycles. The van der Waals surface area contributed by atoms with Crippen molar-refractivity contribution in [3.05, 3.63) is 45.7 Å². The summed E-state index contributed by atoms with van der Waals surface area (Å²) in [7, 11) is 1.88. The van der Waals surface area contributed by atoms with Crippen LogP contribution in [0.2, 0.25) is 10.0 Å². The van der Waals surface area contributed by atoms with Gasteiger partial charge in [-0.15, -0.1) is 0 Å². The lowest BCUT2D eigenvalue weighted by molar-refractivity contribution is 0.0781. The number of amides is 1. The van der Waals surface area contributed by atoms with Crippen molar-refractivity contribution in [2.45, 2.75) is 31.6 Å². The van der Waals surface area contributed by atoms with Crippen LogP contribution in [0.25, 0.3) is 5.69 Å². The maximum atomic E-state index is 13.1. The Labute approximate surface area is 169 Å². The van der Waals surface area contributed by atoms with Crippen LogP contribution in [-0.4, -0.2) is 58.7 Å². The molecule has 0 N–H and O–H groups in total. The van der Waals surface area contributed by atoms with Crippen LogP contribution < -0.4 is 0 Å². The van der Waals surface area contributed by atoms with E-state index in [-0.39, 0.29) is 5.91 Å². The molecule has 0 unspecified atom stereocenters. The minimum absolute atomic E-state index is 0.0347. The number of halogens is 2. The molecule has 144 valence electrons. The average Bonchev–Trinajstić information content (AvgIpc) is 3.18. The van der Waals surface area contributed by atoms with Crippen molar-refractivity contribution in [1.29, 1.82) is 0 Å². The first-order chi connectivity index (χ1) is 13.0. The molecular weight excluding hydrogens is 383 g/mol. The van der Waals surface area contributed by atoms with Gasteiger partial charge in [0.15, 0.2) is 0 Å². The first-order valence-electron chi connectivity index (χ1n) is 9.56. The molecule has 0 radical (unpaired) electrons. The largest absolute Gasteiger partial charge is 0.340 e. The summed E-state index contributed by atoms with van der Waals surface area (Å²) in [6, 6.07) is 5.36. The van der Waals surface area contributed by atoms with Gasteiger partial charge in [-0.1, -0.05) is 23.2 Å². The van der Waals surface area contributed by atoms with E-state index in [0.717, 1.165) is 50.4 Å². The average molecular weight is 407 g/mol. The van der Waals surface area contributed by atoms with Gasteiger partial charge in [-0.2, -0.15) is 5.10 Å². The van der Waals surface area contributed by atoms with Crippen molar-refractivity contribution in [2.24, 2.45) is 0 Å². The molecule has 2 fully saturated rings. The van der Waals surface area contributed by atoms with Crippen LogP contribution in [0, 0.1) is 0 Å². The molecule has 1 aliphatic carbocycles. The summed E-state index contributed by atoms with van der Waals surface area (Å²) in [5.74, 6) is 0.401. The highest BCUT2D eigenvalue weighted by molar-refractivity contribution is 6.35. The molecule has 4 rings (SSSR count). The van der Waals surface area contributed by atoms with Crippen LogP contribution >= 0.6 is 23.2 Å². The van der Waals surface area contributed by atoms with Crippen molar-refractivity contribution < 1.29 is 4.79 Å². The molecular formula is C20H24Cl2N4O. The summed E-state index contributed by atoms with van der Waals surface area (Å²) in [6.07, 6.45) is 6.37. The van der Waals surface area contributed by atoms with Crippen LogP contribution in [0.5, 0.6) is 0 Å². The van der Waals surface area contributed by atoms with E-state index in [9.17, 15) is 4.79 Å². The second-order valence-corrected chi connectivity index (χ2v) is 8.34. The lowest BCUT2D eigenvalue weighted by Crippen LogP contribution is -2.35. The van der Waals surface area contributed by atoms with Gasteiger partial charge in [-0.3, -0.25) is 4.79 Å². The number of hydrogen-bond acceptors (Lipinski definition) is 3. The van der Waals surface area contributed by atoms with Crippen LogP contribution in [0.1, 0.15) is 47.7 Å². The first-order valence-corrected chi connectivity index (χ1v) is 10.3. The van der Waals surface area contributed by atoms with Crippen molar-refractivity contribution in [1.82, 2.24) is 19.6 Å². The van der Waals surface area contributed by atoms with E-state index in [0.29, 0.717) is 21.5 Å². The molecule has 0 spiro atoms. The highest BCUT2D eigenvalue weighted by atomic mass is 35.5. The Morgan fingerprint density at radius 1 is 1.26 bits per heavy atom. The van der Waals surface area contributed by atoms with Crippen molar-refractivity contribution in [2.75, 3.05) is 33.2 Å². The number of likely N-dealkylation sites (N-methyl/N-ethyl adjacent to an activating group) is 1. The Morgan fingerprint density at radius 2 is 2.00 bits per heavy atom. The fourth-order valence-corrected chi connectivity index (χ4v) is 4.21. The topological polar surface area (TPSA) is 41.4 Å². The molecule has 0 bridgehead atoms. The summed E-state index contributed by atoms with van der Waals surface area (Å²) in [5, 5.41) is 5.63. The Kier molecular flexibility index (Phi) is 5.44. The Bertz CT molecular complexity index is 841. The van der Waals surface area contributed by atoms with Gasteiger partial charge in [0.25, 0.3) is 5.91 Å². The van der Waals surface area contributed by atoms with Gasteiger partial charge >= 0.3 is 0 Å². The molecule has 7 heteroatoms. The van der Waals surface area contributed by atoms with Crippen LogP contribution in [0.4, 0.5) is 0 Å². The molecule has 1 amide bonds. The Hall–Kier alpha value is -1.56. The van der Waals surface area contributed by atoms with Crippen molar-refractivity contribution >= 4 is 29.1 Å². The molecule has 1 aromatic carbocycles. The van der Waals surface area contributed by atoms with E-state index >= 15 is 0 Å². The number of likely N-dealkylation sites (tertiary alicyclic amines) is 1. The Balaban J connectivity index is 1.57. The highest BCUT2D eigenvalue weighted by Gasteiger charge is 2.34. The monoisotopic (exact) mass is 406 g/mol. The van der Waals surface area contributed by atoms with Crippen LogP contribution in [0.3, 0.4) is 0 Å². The second-order valence-electron chi connectivity index (χ2n) is 7.50. The second kappa shape index (κ2) is 7.82. The molecule has 2 aliphatic rings. The smallest absolute Gasteiger partial charge is 0.257 e. The molecule has 2 aromatic rings. The zero-order valence-electron chi connectivity index (χ0n) is 15.5. The third-order valence-electron chi connectivity index (χ3n) is 5.44. The number of benzene rings is 1. The fourth-order valence-electron chi connectivity index (χ4n) is 3.72. The minimum Gasteiger partial charge on any atom is -0.340 e. The number of carbonyl (C=O) groups excluding carboxylic acids is 1. The van der Waals surface area contributed by atoms with E-state index in [4.69, 9.17) is 23.2 Å². The Morgan fingerprint density at radius 3 is 2.67 bits per heavy atom. The quantitative estimate of drug-likeness (QED) is 0.720. The van der Waals surface area contributed by atoms with Gasteiger partial charge in [-0.25, -0.2) is 4.68 Å². The summed E-state index contributed by atoms with van der Waals surface area (Å²) >= 11 is 12.4. The van der Waals surface area contributed by atoms with E-state index in [1.807, 2.05) is 22.7 Å². The van der Waals surface area contributed by atoms with E-state index < -0.39 is 0 Å².